The maximum absolute atomic E-state index is 13.8. The van der Waals surface area contributed by atoms with Crippen LogP contribution in [0.4, 0.5) is 10.2 Å². The maximum Gasteiger partial charge on any atom is 0.166 e. The minimum Gasteiger partial charge on any atom is -0.354 e. The van der Waals surface area contributed by atoms with E-state index < -0.39 is 0 Å². The summed E-state index contributed by atoms with van der Waals surface area (Å²) in [5.41, 5.74) is 0. The largest absolute Gasteiger partial charge is 0.354 e. The predicted molar refractivity (Wildman–Crippen MR) is 77.8 cm³/mol. The molecule has 0 spiro atoms. The molecule has 2 nitrogen and oxygen atoms in total. The van der Waals surface area contributed by atoms with Crippen molar-refractivity contribution in [1.82, 2.24) is 4.98 Å². The standard InChI is InChI=1S/C13H14BrFN2S/c1-9(6-11-4-3-5-18-11)17(2)13-12(15)7-10(14)8-16-13/h3-5,7-9H,6H2,1-2H3. The van der Waals surface area contributed by atoms with Crippen molar-refractivity contribution in [2.45, 2.75) is 19.4 Å². The Bertz CT molecular complexity index is 516. The molecule has 0 N–H and O–H groups in total. The third-order valence-electron chi connectivity index (χ3n) is 2.86. The quantitative estimate of drug-likeness (QED) is 0.839. The van der Waals surface area contributed by atoms with Gasteiger partial charge >= 0.3 is 0 Å². The molecule has 0 fully saturated rings. The van der Waals surface area contributed by atoms with Crippen molar-refractivity contribution in [2.75, 3.05) is 11.9 Å². The lowest BCUT2D eigenvalue weighted by Gasteiger charge is -2.26. The lowest BCUT2D eigenvalue weighted by molar-refractivity contribution is 0.594. The average molecular weight is 329 g/mol. The first kappa shape index (κ1) is 13.5. The van der Waals surface area contributed by atoms with Gasteiger partial charge in [0, 0.05) is 35.1 Å². The van der Waals surface area contributed by atoms with Gasteiger partial charge in [-0.1, -0.05) is 6.07 Å². The van der Waals surface area contributed by atoms with Gasteiger partial charge in [-0.25, -0.2) is 9.37 Å². The van der Waals surface area contributed by atoms with Gasteiger partial charge in [0.25, 0.3) is 0 Å². The highest BCUT2D eigenvalue weighted by molar-refractivity contribution is 9.10. The van der Waals surface area contributed by atoms with Crippen molar-refractivity contribution in [3.63, 3.8) is 0 Å². The second-order valence-electron chi connectivity index (χ2n) is 4.20. The highest BCUT2D eigenvalue weighted by Crippen LogP contribution is 2.22. The Labute approximate surface area is 119 Å². The third-order valence-corrected chi connectivity index (χ3v) is 4.19. The van der Waals surface area contributed by atoms with E-state index in [1.165, 1.54) is 10.9 Å². The summed E-state index contributed by atoms with van der Waals surface area (Å²) in [6.45, 7) is 2.07. The molecule has 2 aromatic rings. The summed E-state index contributed by atoms with van der Waals surface area (Å²) in [5.74, 6) is 0.0900. The topological polar surface area (TPSA) is 16.1 Å². The van der Waals surface area contributed by atoms with Crippen LogP contribution in [0.25, 0.3) is 0 Å². The summed E-state index contributed by atoms with van der Waals surface area (Å²) in [5, 5.41) is 2.06. The fourth-order valence-electron chi connectivity index (χ4n) is 1.73. The number of anilines is 1. The van der Waals surface area contributed by atoms with E-state index in [1.54, 1.807) is 17.5 Å². The summed E-state index contributed by atoms with van der Waals surface area (Å²) in [4.78, 5) is 7.31. The van der Waals surface area contributed by atoms with Crippen LogP contribution in [0.15, 0.2) is 34.2 Å². The number of likely N-dealkylation sites (N-methyl/N-ethyl adjacent to an activating group) is 1. The molecule has 1 atom stereocenters. The zero-order valence-electron chi connectivity index (χ0n) is 10.2. The van der Waals surface area contributed by atoms with Gasteiger partial charge in [0.15, 0.2) is 11.6 Å². The van der Waals surface area contributed by atoms with Crippen molar-refractivity contribution < 1.29 is 4.39 Å². The SMILES string of the molecule is CC(Cc1cccs1)N(C)c1ncc(Br)cc1F. The lowest BCUT2D eigenvalue weighted by Crippen LogP contribution is -2.31. The summed E-state index contributed by atoms with van der Waals surface area (Å²) < 4.78 is 14.5. The first-order chi connectivity index (χ1) is 8.58. The van der Waals surface area contributed by atoms with Crippen LogP contribution in [-0.2, 0) is 6.42 Å². The van der Waals surface area contributed by atoms with Crippen LogP contribution in [0.2, 0.25) is 0 Å². The molecule has 2 rings (SSSR count). The first-order valence-corrected chi connectivity index (χ1v) is 7.31. The molecule has 18 heavy (non-hydrogen) atoms. The molecule has 0 aliphatic heterocycles. The average Bonchev–Trinajstić information content (AvgIpc) is 2.81. The number of hydrogen-bond donors (Lipinski definition) is 0. The van der Waals surface area contributed by atoms with Crippen molar-refractivity contribution in [2.24, 2.45) is 0 Å². The monoisotopic (exact) mass is 328 g/mol. The van der Waals surface area contributed by atoms with Crippen LogP contribution in [0.1, 0.15) is 11.8 Å². The second kappa shape index (κ2) is 5.80. The van der Waals surface area contributed by atoms with E-state index in [1.807, 2.05) is 18.0 Å². The van der Waals surface area contributed by atoms with Gasteiger partial charge in [0.05, 0.1) is 0 Å². The maximum atomic E-state index is 13.8. The molecule has 0 aromatic carbocycles. The Balaban J connectivity index is 2.12. The van der Waals surface area contributed by atoms with E-state index in [0.717, 1.165) is 6.42 Å². The minimum atomic E-state index is -0.301. The van der Waals surface area contributed by atoms with Gasteiger partial charge in [-0.2, -0.15) is 0 Å². The fourth-order valence-corrected chi connectivity index (χ4v) is 2.86. The predicted octanol–water partition coefficient (Wildman–Crippen LogP) is 4.11. The van der Waals surface area contributed by atoms with Crippen molar-refractivity contribution in [1.29, 1.82) is 0 Å². The molecule has 0 bridgehead atoms. The number of nitrogens with zero attached hydrogens (tertiary/aromatic N) is 2. The van der Waals surface area contributed by atoms with Crippen molar-refractivity contribution >= 4 is 33.1 Å². The molecular formula is C13H14BrFN2S. The van der Waals surface area contributed by atoms with E-state index >= 15 is 0 Å². The molecule has 0 aliphatic rings. The van der Waals surface area contributed by atoms with Crippen molar-refractivity contribution in [3.8, 4) is 0 Å². The molecule has 0 saturated carbocycles. The van der Waals surface area contributed by atoms with E-state index in [0.29, 0.717) is 10.3 Å². The number of pyridine rings is 1. The Morgan fingerprint density at radius 1 is 1.56 bits per heavy atom. The molecule has 2 heterocycles. The normalized spacial score (nSPS) is 12.4. The molecule has 0 aliphatic carbocycles. The molecule has 5 heteroatoms. The van der Waals surface area contributed by atoms with E-state index in [9.17, 15) is 4.39 Å². The number of halogens is 2. The molecule has 2 aromatic heterocycles. The molecule has 96 valence electrons. The van der Waals surface area contributed by atoms with Crippen LogP contribution < -0.4 is 4.90 Å². The van der Waals surface area contributed by atoms with Crippen molar-refractivity contribution in [3.05, 3.63) is 44.9 Å². The highest BCUT2D eigenvalue weighted by Gasteiger charge is 2.16. The Kier molecular flexibility index (Phi) is 4.35. The van der Waals surface area contributed by atoms with Crippen LogP contribution in [-0.4, -0.2) is 18.1 Å². The second-order valence-corrected chi connectivity index (χ2v) is 6.15. The Hall–Kier alpha value is -0.940. The number of hydrogen-bond acceptors (Lipinski definition) is 3. The van der Waals surface area contributed by atoms with Gasteiger partial charge in [-0.05, 0) is 40.4 Å². The van der Waals surface area contributed by atoms with E-state index in [-0.39, 0.29) is 11.9 Å². The minimum absolute atomic E-state index is 0.201. The van der Waals surface area contributed by atoms with Crippen LogP contribution in [0.3, 0.4) is 0 Å². The third kappa shape index (κ3) is 3.09. The molecule has 1 unspecified atom stereocenters. The van der Waals surface area contributed by atoms with Gasteiger partial charge in [-0.3, -0.25) is 0 Å². The Morgan fingerprint density at radius 2 is 2.33 bits per heavy atom. The zero-order chi connectivity index (χ0) is 13.1. The van der Waals surface area contributed by atoms with Crippen LogP contribution >= 0.6 is 27.3 Å². The zero-order valence-corrected chi connectivity index (χ0v) is 12.6. The molecule has 0 radical (unpaired) electrons. The number of thiophene rings is 1. The number of rotatable bonds is 4. The smallest absolute Gasteiger partial charge is 0.166 e. The van der Waals surface area contributed by atoms with E-state index in [4.69, 9.17) is 0 Å². The highest BCUT2D eigenvalue weighted by atomic mass is 79.9. The summed E-state index contributed by atoms with van der Waals surface area (Å²) in [6.07, 6.45) is 2.51. The summed E-state index contributed by atoms with van der Waals surface area (Å²) in [6, 6.07) is 5.77. The van der Waals surface area contributed by atoms with Gasteiger partial charge < -0.3 is 4.90 Å². The van der Waals surface area contributed by atoms with E-state index in [2.05, 4.69) is 39.3 Å². The lowest BCUT2D eigenvalue weighted by atomic mass is 10.2. The molecule has 0 amide bonds. The molecular weight excluding hydrogens is 315 g/mol. The molecule has 0 saturated heterocycles. The summed E-state index contributed by atoms with van der Waals surface area (Å²) >= 11 is 4.93. The Morgan fingerprint density at radius 3 is 2.94 bits per heavy atom. The first-order valence-electron chi connectivity index (χ1n) is 5.64. The van der Waals surface area contributed by atoms with Crippen LogP contribution in [0.5, 0.6) is 0 Å². The van der Waals surface area contributed by atoms with Crippen LogP contribution in [0, 0.1) is 5.82 Å². The number of aromatic nitrogens is 1. The fraction of sp³-hybridized carbons (Fsp3) is 0.308. The van der Waals surface area contributed by atoms with Gasteiger partial charge in [0.1, 0.15) is 0 Å². The summed E-state index contributed by atoms with van der Waals surface area (Å²) in [7, 11) is 1.87. The van der Waals surface area contributed by atoms with Gasteiger partial charge in [0.2, 0.25) is 0 Å². The van der Waals surface area contributed by atoms with Gasteiger partial charge in [-0.15, -0.1) is 11.3 Å².